The van der Waals surface area contributed by atoms with Gasteiger partial charge in [0.2, 0.25) is 0 Å². The van der Waals surface area contributed by atoms with Gasteiger partial charge in [-0.1, -0.05) is 53.0 Å². The summed E-state index contributed by atoms with van der Waals surface area (Å²) >= 11 is 12.7. The Morgan fingerprint density at radius 2 is 1.89 bits per heavy atom. The van der Waals surface area contributed by atoms with Crippen molar-refractivity contribution >= 4 is 29.2 Å². The Bertz CT molecular complexity index is 1030. The Morgan fingerprint density at radius 3 is 2.56 bits per heavy atom. The zero-order chi connectivity index (χ0) is 19.7. The van der Waals surface area contributed by atoms with E-state index in [1.165, 1.54) is 0 Å². The van der Waals surface area contributed by atoms with Crippen molar-refractivity contribution in [3.8, 4) is 16.9 Å². The molecule has 0 saturated carbocycles. The van der Waals surface area contributed by atoms with Crippen LogP contribution in [0.5, 0.6) is 0 Å². The maximum Gasteiger partial charge on any atom is 0.342 e. The Labute approximate surface area is 168 Å². The number of benzene rings is 2. The van der Waals surface area contributed by atoms with Crippen molar-refractivity contribution in [3.63, 3.8) is 0 Å². The standard InChI is InChI=1S/C21H20Cl2N2O2/c1-5-27-21(26)18-14(4)24-25(17-10-9-12(2)11-13(17)3)20(18)15-7-6-8-16(22)19(15)23/h6-11H,5H2,1-4H3. The van der Waals surface area contributed by atoms with Crippen molar-refractivity contribution in [2.45, 2.75) is 27.7 Å². The second-order valence-electron chi connectivity index (χ2n) is 6.33. The molecular weight excluding hydrogens is 383 g/mol. The van der Waals surface area contributed by atoms with Crippen molar-refractivity contribution in [1.29, 1.82) is 0 Å². The summed E-state index contributed by atoms with van der Waals surface area (Å²) in [6.45, 7) is 7.87. The number of carbonyl (C=O) groups excluding carboxylic acids is 1. The smallest absolute Gasteiger partial charge is 0.342 e. The summed E-state index contributed by atoms with van der Waals surface area (Å²) in [7, 11) is 0. The van der Waals surface area contributed by atoms with Gasteiger partial charge in [0.1, 0.15) is 5.56 Å². The molecule has 27 heavy (non-hydrogen) atoms. The van der Waals surface area contributed by atoms with Crippen molar-refractivity contribution in [2.24, 2.45) is 0 Å². The molecule has 1 heterocycles. The topological polar surface area (TPSA) is 44.1 Å². The summed E-state index contributed by atoms with van der Waals surface area (Å²) in [5.41, 5.74) is 5.21. The highest BCUT2D eigenvalue weighted by Crippen LogP contribution is 2.38. The molecule has 0 fully saturated rings. The summed E-state index contributed by atoms with van der Waals surface area (Å²) in [5, 5.41) is 5.42. The molecule has 0 bridgehead atoms. The second kappa shape index (κ2) is 7.75. The van der Waals surface area contributed by atoms with E-state index in [4.69, 9.17) is 27.9 Å². The van der Waals surface area contributed by atoms with Crippen LogP contribution in [0.1, 0.15) is 34.1 Å². The summed E-state index contributed by atoms with van der Waals surface area (Å²) in [4.78, 5) is 12.7. The highest BCUT2D eigenvalue weighted by Gasteiger charge is 2.27. The fraction of sp³-hybridized carbons (Fsp3) is 0.238. The second-order valence-corrected chi connectivity index (χ2v) is 7.12. The van der Waals surface area contributed by atoms with Crippen LogP contribution < -0.4 is 0 Å². The third kappa shape index (κ3) is 3.60. The van der Waals surface area contributed by atoms with Crippen LogP contribution in [0.4, 0.5) is 0 Å². The normalized spacial score (nSPS) is 10.9. The van der Waals surface area contributed by atoms with Crippen molar-refractivity contribution in [3.05, 3.63) is 68.8 Å². The predicted molar refractivity (Wildman–Crippen MR) is 109 cm³/mol. The van der Waals surface area contributed by atoms with Crippen LogP contribution in [0.2, 0.25) is 10.0 Å². The molecule has 0 amide bonds. The fourth-order valence-electron chi connectivity index (χ4n) is 3.13. The van der Waals surface area contributed by atoms with Crippen LogP contribution >= 0.6 is 23.2 Å². The lowest BCUT2D eigenvalue weighted by molar-refractivity contribution is 0.0526. The Hall–Kier alpha value is -2.30. The van der Waals surface area contributed by atoms with Gasteiger partial charge in [0, 0.05) is 5.56 Å². The van der Waals surface area contributed by atoms with Gasteiger partial charge in [-0.25, -0.2) is 9.48 Å². The van der Waals surface area contributed by atoms with Crippen LogP contribution in [0.3, 0.4) is 0 Å². The maximum absolute atomic E-state index is 12.7. The van der Waals surface area contributed by atoms with Gasteiger partial charge in [-0.3, -0.25) is 0 Å². The average Bonchev–Trinajstić information content (AvgIpc) is 2.94. The van der Waals surface area contributed by atoms with Gasteiger partial charge < -0.3 is 4.74 Å². The summed E-state index contributed by atoms with van der Waals surface area (Å²) in [5.74, 6) is -0.433. The number of ether oxygens (including phenoxy) is 1. The first-order chi connectivity index (χ1) is 12.8. The molecule has 6 heteroatoms. The van der Waals surface area contributed by atoms with Gasteiger partial charge in [-0.2, -0.15) is 5.10 Å². The number of hydrogen-bond acceptors (Lipinski definition) is 3. The minimum Gasteiger partial charge on any atom is -0.462 e. The molecule has 1 aromatic heterocycles. The zero-order valence-corrected chi connectivity index (χ0v) is 17.1. The third-order valence-electron chi connectivity index (χ3n) is 4.33. The number of hydrogen-bond donors (Lipinski definition) is 0. The monoisotopic (exact) mass is 402 g/mol. The van der Waals surface area contributed by atoms with E-state index in [1.54, 1.807) is 30.7 Å². The minimum atomic E-state index is -0.433. The number of rotatable bonds is 4. The van der Waals surface area contributed by atoms with Crippen LogP contribution in [0, 0.1) is 20.8 Å². The molecule has 0 radical (unpaired) electrons. The molecule has 140 valence electrons. The quantitative estimate of drug-likeness (QED) is 0.506. The van der Waals surface area contributed by atoms with Gasteiger partial charge in [-0.15, -0.1) is 0 Å². The predicted octanol–water partition coefficient (Wildman–Crippen LogP) is 5.95. The molecule has 0 N–H and O–H groups in total. The van der Waals surface area contributed by atoms with E-state index in [0.717, 1.165) is 16.8 Å². The highest BCUT2D eigenvalue weighted by atomic mass is 35.5. The van der Waals surface area contributed by atoms with Crippen molar-refractivity contribution in [1.82, 2.24) is 9.78 Å². The van der Waals surface area contributed by atoms with E-state index in [-0.39, 0.29) is 6.61 Å². The van der Waals surface area contributed by atoms with Gasteiger partial charge >= 0.3 is 5.97 Å². The molecule has 0 aliphatic rings. The first-order valence-corrected chi connectivity index (χ1v) is 9.39. The van der Waals surface area contributed by atoms with Crippen LogP contribution in [-0.2, 0) is 4.74 Å². The van der Waals surface area contributed by atoms with E-state index in [2.05, 4.69) is 11.2 Å². The van der Waals surface area contributed by atoms with Gasteiger partial charge in [-0.05, 0) is 45.4 Å². The number of aryl methyl sites for hydroxylation is 3. The van der Waals surface area contributed by atoms with Crippen LogP contribution in [0.25, 0.3) is 16.9 Å². The molecule has 0 aliphatic heterocycles. The van der Waals surface area contributed by atoms with Gasteiger partial charge in [0.15, 0.2) is 0 Å². The average molecular weight is 403 g/mol. The van der Waals surface area contributed by atoms with Crippen LogP contribution in [-0.4, -0.2) is 22.4 Å². The molecule has 2 aromatic carbocycles. The summed E-state index contributed by atoms with van der Waals surface area (Å²) in [6.07, 6.45) is 0. The first-order valence-electron chi connectivity index (χ1n) is 8.63. The number of aromatic nitrogens is 2. The molecule has 3 rings (SSSR count). The van der Waals surface area contributed by atoms with Gasteiger partial charge in [0.05, 0.1) is 33.7 Å². The lowest BCUT2D eigenvalue weighted by atomic mass is 10.0. The molecule has 0 spiro atoms. The van der Waals surface area contributed by atoms with E-state index < -0.39 is 5.97 Å². The minimum absolute atomic E-state index is 0.274. The molecule has 0 aliphatic carbocycles. The first kappa shape index (κ1) is 19.5. The van der Waals surface area contributed by atoms with E-state index in [9.17, 15) is 4.79 Å². The lowest BCUT2D eigenvalue weighted by Gasteiger charge is -2.14. The number of nitrogens with zero attached hydrogens (tertiary/aromatic N) is 2. The van der Waals surface area contributed by atoms with Crippen molar-refractivity contribution in [2.75, 3.05) is 6.61 Å². The molecule has 3 aromatic rings. The van der Waals surface area contributed by atoms with E-state index in [1.807, 2.05) is 32.0 Å². The highest BCUT2D eigenvalue weighted by molar-refractivity contribution is 6.43. The maximum atomic E-state index is 12.7. The van der Waals surface area contributed by atoms with E-state index in [0.29, 0.717) is 32.6 Å². The summed E-state index contributed by atoms with van der Waals surface area (Å²) < 4.78 is 7.02. The largest absolute Gasteiger partial charge is 0.462 e. The molecule has 0 atom stereocenters. The molecule has 4 nitrogen and oxygen atoms in total. The number of esters is 1. The third-order valence-corrected chi connectivity index (χ3v) is 5.15. The Kier molecular flexibility index (Phi) is 5.59. The zero-order valence-electron chi connectivity index (χ0n) is 15.6. The number of halogens is 2. The lowest BCUT2D eigenvalue weighted by Crippen LogP contribution is -2.08. The SMILES string of the molecule is CCOC(=O)c1c(C)nn(-c2ccc(C)cc2C)c1-c1cccc(Cl)c1Cl. The fourth-order valence-corrected chi connectivity index (χ4v) is 3.52. The van der Waals surface area contributed by atoms with Crippen molar-refractivity contribution < 1.29 is 9.53 Å². The molecule has 0 unspecified atom stereocenters. The Morgan fingerprint density at radius 1 is 1.15 bits per heavy atom. The molecule has 0 saturated heterocycles. The van der Waals surface area contributed by atoms with E-state index >= 15 is 0 Å². The molecular formula is C21H20Cl2N2O2. The van der Waals surface area contributed by atoms with Crippen LogP contribution in [0.15, 0.2) is 36.4 Å². The Balaban J connectivity index is 2.36. The van der Waals surface area contributed by atoms with Gasteiger partial charge in [0.25, 0.3) is 0 Å². The summed E-state index contributed by atoms with van der Waals surface area (Å²) in [6, 6.07) is 11.4. The number of carbonyl (C=O) groups is 1.